The number of nitrogens with one attached hydrogen (secondary N) is 1. The van der Waals surface area contributed by atoms with Gasteiger partial charge in [0.15, 0.2) is 0 Å². The van der Waals surface area contributed by atoms with Gasteiger partial charge in [-0.25, -0.2) is 4.68 Å². The highest BCUT2D eigenvalue weighted by molar-refractivity contribution is 5.76. The standard InChI is InChI=1S/C21H26F3N3O/c1-20(2,3)14-7-9-15(10-8-14)27-18-6-4-5-17(16(18)13-25-27)26-19(28)11-12-21(22,23)24/h7-10,13,17H,4-6,11-12H2,1-3H3,(H,26,28)/t17-/m0/s1. The van der Waals surface area contributed by atoms with E-state index in [1.165, 1.54) is 5.56 Å². The summed E-state index contributed by atoms with van der Waals surface area (Å²) in [4.78, 5) is 11.9. The molecule has 28 heavy (non-hydrogen) atoms. The molecule has 1 amide bonds. The van der Waals surface area contributed by atoms with Crippen molar-refractivity contribution in [3.63, 3.8) is 0 Å². The summed E-state index contributed by atoms with van der Waals surface area (Å²) in [5.41, 5.74) is 4.14. The van der Waals surface area contributed by atoms with Gasteiger partial charge in [0.1, 0.15) is 0 Å². The quantitative estimate of drug-likeness (QED) is 0.794. The van der Waals surface area contributed by atoms with E-state index in [0.717, 1.165) is 29.8 Å². The molecule has 0 aliphatic heterocycles. The Morgan fingerprint density at radius 1 is 1.21 bits per heavy atom. The van der Waals surface area contributed by atoms with Crippen molar-refractivity contribution in [1.82, 2.24) is 15.1 Å². The van der Waals surface area contributed by atoms with Crippen molar-refractivity contribution in [1.29, 1.82) is 0 Å². The number of carbonyl (C=O) groups is 1. The summed E-state index contributed by atoms with van der Waals surface area (Å²) in [6, 6.07) is 7.94. The maximum Gasteiger partial charge on any atom is 0.389 e. The lowest BCUT2D eigenvalue weighted by atomic mass is 9.87. The van der Waals surface area contributed by atoms with E-state index in [9.17, 15) is 18.0 Å². The first kappa shape index (κ1) is 20.4. The summed E-state index contributed by atoms with van der Waals surface area (Å²) < 4.78 is 38.9. The Balaban J connectivity index is 1.76. The molecule has 2 aromatic rings. The Morgan fingerprint density at radius 2 is 1.89 bits per heavy atom. The van der Waals surface area contributed by atoms with E-state index < -0.39 is 24.9 Å². The van der Waals surface area contributed by atoms with E-state index >= 15 is 0 Å². The minimum atomic E-state index is -4.32. The average Bonchev–Trinajstić information content (AvgIpc) is 3.04. The van der Waals surface area contributed by atoms with Gasteiger partial charge in [-0.2, -0.15) is 18.3 Å². The zero-order valence-electron chi connectivity index (χ0n) is 16.4. The first-order chi connectivity index (χ1) is 13.0. The highest BCUT2D eigenvalue weighted by atomic mass is 19.4. The van der Waals surface area contributed by atoms with Gasteiger partial charge in [-0.05, 0) is 42.4 Å². The molecule has 7 heteroatoms. The minimum Gasteiger partial charge on any atom is -0.349 e. The molecule has 0 fully saturated rings. The lowest BCUT2D eigenvalue weighted by molar-refractivity contribution is -0.144. The van der Waals surface area contributed by atoms with Crippen LogP contribution in [0.2, 0.25) is 0 Å². The van der Waals surface area contributed by atoms with Crippen molar-refractivity contribution in [3.05, 3.63) is 47.3 Å². The molecule has 1 aliphatic carbocycles. The molecule has 1 N–H and O–H groups in total. The van der Waals surface area contributed by atoms with Crippen LogP contribution in [0.1, 0.15) is 69.3 Å². The third-order valence-electron chi connectivity index (χ3n) is 5.13. The number of rotatable bonds is 4. The second-order valence-corrected chi connectivity index (χ2v) is 8.38. The van der Waals surface area contributed by atoms with E-state index in [1.807, 2.05) is 16.8 Å². The second-order valence-electron chi connectivity index (χ2n) is 8.38. The number of hydrogen-bond donors (Lipinski definition) is 1. The van der Waals surface area contributed by atoms with Crippen molar-refractivity contribution in [3.8, 4) is 5.69 Å². The molecule has 0 saturated carbocycles. The normalized spacial score (nSPS) is 17.3. The summed E-state index contributed by atoms with van der Waals surface area (Å²) in [5.74, 6) is -0.572. The number of fused-ring (bicyclic) bond motifs is 1. The van der Waals surface area contributed by atoms with Gasteiger partial charge in [0.25, 0.3) is 0 Å². The molecule has 3 rings (SSSR count). The van der Waals surface area contributed by atoms with Crippen molar-refractivity contribution in [2.45, 2.75) is 70.5 Å². The minimum absolute atomic E-state index is 0.0634. The van der Waals surface area contributed by atoms with Gasteiger partial charge in [-0.15, -0.1) is 0 Å². The van der Waals surface area contributed by atoms with Gasteiger partial charge < -0.3 is 5.32 Å². The fraction of sp³-hybridized carbons (Fsp3) is 0.524. The molecule has 0 radical (unpaired) electrons. The third kappa shape index (κ3) is 4.75. The molecule has 0 saturated heterocycles. The summed E-state index contributed by atoms with van der Waals surface area (Å²) in [6.07, 6.45) is -1.86. The second kappa shape index (κ2) is 7.60. The predicted molar refractivity (Wildman–Crippen MR) is 101 cm³/mol. The van der Waals surface area contributed by atoms with Crippen LogP contribution in [0.25, 0.3) is 5.69 Å². The number of benzene rings is 1. The lowest BCUT2D eigenvalue weighted by Crippen LogP contribution is -2.31. The molecule has 1 aliphatic rings. The Morgan fingerprint density at radius 3 is 2.50 bits per heavy atom. The third-order valence-corrected chi connectivity index (χ3v) is 5.13. The Bertz CT molecular complexity index is 832. The van der Waals surface area contributed by atoms with E-state index in [-0.39, 0.29) is 11.5 Å². The van der Waals surface area contributed by atoms with Gasteiger partial charge in [0, 0.05) is 17.7 Å². The zero-order chi connectivity index (χ0) is 20.5. The van der Waals surface area contributed by atoms with Crippen LogP contribution < -0.4 is 5.32 Å². The van der Waals surface area contributed by atoms with Crippen LogP contribution >= 0.6 is 0 Å². The number of hydrogen-bond acceptors (Lipinski definition) is 2. The van der Waals surface area contributed by atoms with Crippen LogP contribution in [0.5, 0.6) is 0 Å². The molecule has 1 aromatic heterocycles. The molecule has 4 nitrogen and oxygen atoms in total. The van der Waals surface area contributed by atoms with Gasteiger partial charge in [-0.3, -0.25) is 4.79 Å². The molecule has 152 valence electrons. The highest BCUT2D eigenvalue weighted by Gasteiger charge is 2.30. The van der Waals surface area contributed by atoms with E-state index in [0.29, 0.717) is 6.42 Å². The first-order valence-corrected chi connectivity index (χ1v) is 9.58. The van der Waals surface area contributed by atoms with E-state index in [1.54, 1.807) is 6.20 Å². The number of alkyl halides is 3. The topological polar surface area (TPSA) is 46.9 Å². The summed E-state index contributed by atoms with van der Waals surface area (Å²) in [5, 5.41) is 7.24. The molecule has 0 unspecified atom stereocenters. The van der Waals surface area contributed by atoms with Crippen molar-refractivity contribution in [2.75, 3.05) is 0 Å². The molecular weight excluding hydrogens is 367 g/mol. The maximum absolute atomic E-state index is 12.3. The number of halogens is 3. The largest absolute Gasteiger partial charge is 0.389 e. The van der Waals surface area contributed by atoms with Crippen molar-refractivity contribution < 1.29 is 18.0 Å². The first-order valence-electron chi connectivity index (χ1n) is 9.58. The van der Waals surface area contributed by atoms with E-state index in [2.05, 4.69) is 43.3 Å². The summed E-state index contributed by atoms with van der Waals surface area (Å²) in [7, 11) is 0. The smallest absolute Gasteiger partial charge is 0.349 e. The SMILES string of the molecule is CC(C)(C)c1ccc(-n2ncc3c2CCC[C@@H]3NC(=O)CCC(F)(F)F)cc1. The van der Waals surface area contributed by atoms with Gasteiger partial charge >= 0.3 is 6.18 Å². The Hall–Kier alpha value is -2.31. The van der Waals surface area contributed by atoms with Crippen LogP contribution in [0.3, 0.4) is 0 Å². The van der Waals surface area contributed by atoms with Gasteiger partial charge in [0.2, 0.25) is 5.91 Å². The van der Waals surface area contributed by atoms with Crippen LogP contribution in [0.4, 0.5) is 13.2 Å². The van der Waals surface area contributed by atoms with E-state index in [4.69, 9.17) is 0 Å². The Labute approximate surface area is 163 Å². The Kier molecular flexibility index (Phi) is 5.55. The predicted octanol–water partition coefficient (Wildman–Crippen LogP) is 5.01. The fourth-order valence-corrected chi connectivity index (χ4v) is 3.55. The van der Waals surface area contributed by atoms with Crippen molar-refractivity contribution in [2.24, 2.45) is 0 Å². The molecule has 1 heterocycles. The number of aromatic nitrogens is 2. The monoisotopic (exact) mass is 393 g/mol. The summed E-state index contributed by atoms with van der Waals surface area (Å²) >= 11 is 0. The summed E-state index contributed by atoms with van der Waals surface area (Å²) in [6.45, 7) is 6.47. The van der Waals surface area contributed by atoms with Crippen LogP contribution in [-0.2, 0) is 16.6 Å². The molecule has 1 aromatic carbocycles. The molecule has 1 atom stereocenters. The van der Waals surface area contributed by atoms with Crippen LogP contribution in [-0.4, -0.2) is 21.9 Å². The lowest BCUT2D eigenvalue weighted by Gasteiger charge is -2.24. The fourth-order valence-electron chi connectivity index (χ4n) is 3.55. The highest BCUT2D eigenvalue weighted by Crippen LogP contribution is 2.32. The maximum atomic E-state index is 12.3. The van der Waals surface area contributed by atoms with Gasteiger partial charge in [-0.1, -0.05) is 32.9 Å². The van der Waals surface area contributed by atoms with Crippen molar-refractivity contribution >= 4 is 5.91 Å². The molecule has 0 spiro atoms. The van der Waals surface area contributed by atoms with Crippen LogP contribution in [0, 0.1) is 0 Å². The average molecular weight is 393 g/mol. The number of nitrogens with zero attached hydrogens (tertiary/aromatic N) is 2. The van der Waals surface area contributed by atoms with Crippen LogP contribution in [0.15, 0.2) is 30.5 Å². The molecule has 0 bridgehead atoms. The molecular formula is C21H26F3N3O. The number of amides is 1. The van der Waals surface area contributed by atoms with Gasteiger partial charge in [0.05, 0.1) is 24.3 Å². The zero-order valence-corrected chi connectivity index (χ0v) is 16.4. The number of carbonyl (C=O) groups excluding carboxylic acids is 1.